The Morgan fingerprint density at radius 2 is 1.85 bits per heavy atom. The van der Waals surface area contributed by atoms with E-state index in [-0.39, 0.29) is 35.5 Å². The first-order valence-corrected chi connectivity index (χ1v) is 15.0. The molecule has 0 aromatic rings. The van der Waals surface area contributed by atoms with Gasteiger partial charge in [0, 0.05) is 42.9 Å². The molecule has 0 amide bonds. The van der Waals surface area contributed by atoms with Gasteiger partial charge in [0.2, 0.25) is 5.78 Å². The molecule has 3 saturated carbocycles. The molecule has 0 aromatic heterocycles. The molecule has 4 fully saturated rings. The first-order chi connectivity index (χ1) is 18.5. The van der Waals surface area contributed by atoms with E-state index in [4.69, 9.17) is 4.74 Å². The van der Waals surface area contributed by atoms with Crippen molar-refractivity contribution >= 4 is 17.5 Å². The van der Waals surface area contributed by atoms with E-state index in [0.717, 1.165) is 51.1 Å². The van der Waals surface area contributed by atoms with Crippen LogP contribution in [0.15, 0.2) is 23.8 Å². The minimum Gasteiger partial charge on any atom is -0.457 e. The van der Waals surface area contributed by atoms with E-state index < -0.39 is 35.5 Å². The number of hydrogen-bond donors (Lipinski definition) is 2. The van der Waals surface area contributed by atoms with Crippen molar-refractivity contribution in [2.45, 2.75) is 77.4 Å². The third-order valence-electron chi connectivity index (χ3n) is 11.1. The summed E-state index contributed by atoms with van der Waals surface area (Å²) in [5.41, 5.74) is -1.74. The van der Waals surface area contributed by atoms with Crippen molar-refractivity contribution in [3.63, 3.8) is 0 Å². The van der Waals surface area contributed by atoms with Crippen LogP contribution in [0.2, 0.25) is 0 Å². The van der Waals surface area contributed by atoms with Gasteiger partial charge >= 0.3 is 5.97 Å². The number of unbranched alkanes of at least 4 members (excludes halogenated alkanes) is 1. The molecular formula is C31H46N2O6. The highest BCUT2D eigenvalue weighted by atomic mass is 16.5. The molecule has 2 N–H and O–H groups in total. The number of fused-ring (bicyclic) bond motifs is 5. The van der Waals surface area contributed by atoms with Gasteiger partial charge in [-0.3, -0.25) is 19.3 Å². The van der Waals surface area contributed by atoms with Crippen molar-refractivity contribution in [2.24, 2.45) is 28.6 Å². The Hall–Kier alpha value is -1.87. The number of allylic oxidation sites excluding steroid dienone is 4. The number of ether oxygens (including phenoxy) is 1. The van der Waals surface area contributed by atoms with E-state index >= 15 is 0 Å². The van der Waals surface area contributed by atoms with Crippen LogP contribution in [0, 0.1) is 28.6 Å². The topological polar surface area (TPSA) is 107 Å². The lowest BCUT2D eigenvalue weighted by Gasteiger charge is -2.59. The van der Waals surface area contributed by atoms with Crippen LogP contribution in [0.4, 0.5) is 0 Å². The number of carbonyl (C=O) groups excluding carboxylic acids is 3. The molecule has 1 aliphatic heterocycles. The van der Waals surface area contributed by atoms with Crippen molar-refractivity contribution in [3.05, 3.63) is 23.8 Å². The fraction of sp³-hybridized carbons (Fsp3) is 0.774. The Bertz CT molecular complexity index is 1050. The second-order valence-corrected chi connectivity index (χ2v) is 13.2. The van der Waals surface area contributed by atoms with Crippen molar-refractivity contribution < 1.29 is 29.3 Å². The number of carbonyl (C=O) groups is 3. The van der Waals surface area contributed by atoms with Gasteiger partial charge in [0.1, 0.15) is 5.60 Å². The van der Waals surface area contributed by atoms with E-state index in [1.807, 2.05) is 13.0 Å². The molecule has 5 aliphatic rings. The number of rotatable bonds is 8. The maximum Gasteiger partial charge on any atom is 0.320 e. The van der Waals surface area contributed by atoms with Crippen LogP contribution in [-0.4, -0.2) is 95.1 Å². The molecule has 8 nitrogen and oxygen atoms in total. The largest absolute Gasteiger partial charge is 0.457 e. The van der Waals surface area contributed by atoms with Crippen LogP contribution < -0.4 is 0 Å². The summed E-state index contributed by atoms with van der Waals surface area (Å²) in [5.74, 6) is -0.737. The van der Waals surface area contributed by atoms with Gasteiger partial charge in [0.05, 0.1) is 12.6 Å². The molecule has 1 heterocycles. The quantitative estimate of drug-likeness (QED) is 0.451. The number of aliphatic hydroxyl groups excluding tert-OH is 1. The Balaban J connectivity index is 1.20. The Kier molecular flexibility index (Phi) is 7.96. The minimum absolute atomic E-state index is 0.000631. The third kappa shape index (κ3) is 4.96. The highest BCUT2D eigenvalue weighted by molar-refractivity contribution is 6.01. The lowest BCUT2D eigenvalue weighted by molar-refractivity contribution is -0.181. The molecule has 0 radical (unpaired) electrons. The summed E-state index contributed by atoms with van der Waals surface area (Å²) in [7, 11) is 0. The van der Waals surface area contributed by atoms with E-state index in [9.17, 15) is 24.6 Å². The molecule has 0 bridgehead atoms. The number of hydrogen-bond acceptors (Lipinski definition) is 8. The molecule has 8 heteroatoms. The lowest BCUT2D eigenvalue weighted by Crippen LogP contribution is -2.61. The summed E-state index contributed by atoms with van der Waals surface area (Å²) in [6, 6.07) is 0. The Morgan fingerprint density at radius 3 is 2.56 bits per heavy atom. The van der Waals surface area contributed by atoms with Gasteiger partial charge in [-0.05, 0) is 69.1 Å². The molecule has 39 heavy (non-hydrogen) atoms. The number of ketones is 2. The summed E-state index contributed by atoms with van der Waals surface area (Å²) in [4.78, 5) is 42.6. The first-order valence-electron chi connectivity index (χ1n) is 15.0. The van der Waals surface area contributed by atoms with E-state index in [2.05, 4.69) is 23.6 Å². The van der Waals surface area contributed by atoms with Crippen LogP contribution in [0.25, 0.3) is 0 Å². The minimum atomic E-state index is -1.63. The summed E-state index contributed by atoms with van der Waals surface area (Å²) >= 11 is 0. The number of esters is 1. The zero-order valence-electron chi connectivity index (χ0n) is 23.9. The predicted octanol–water partition coefficient (Wildman–Crippen LogP) is 2.53. The predicted molar refractivity (Wildman–Crippen MR) is 147 cm³/mol. The fourth-order valence-electron chi connectivity index (χ4n) is 8.83. The second-order valence-electron chi connectivity index (χ2n) is 13.2. The summed E-state index contributed by atoms with van der Waals surface area (Å²) < 4.78 is 5.42. The van der Waals surface area contributed by atoms with Crippen molar-refractivity contribution in [3.8, 4) is 0 Å². The average Bonchev–Trinajstić information content (AvgIpc) is 3.18. The van der Waals surface area contributed by atoms with E-state index in [0.29, 0.717) is 19.3 Å². The average molecular weight is 543 g/mol. The van der Waals surface area contributed by atoms with Gasteiger partial charge in [-0.25, -0.2) is 0 Å². The third-order valence-corrected chi connectivity index (χ3v) is 11.1. The van der Waals surface area contributed by atoms with Gasteiger partial charge < -0.3 is 19.8 Å². The molecular weight excluding hydrogens is 496 g/mol. The molecule has 7 atom stereocenters. The maximum atomic E-state index is 13.5. The molecule has 1 saturated heterocycles. The zero-order valence-corrected chi connectivity index (χ0v) is 23.9. The molecule has 0 spiro atoms. The number of Topliss-reactive ketones (excluding diaryl/α,β-unsaturated/α-hetero) is 1. The van der Waals surface area contributed by atoms with Gasteiger partial charge in [-0.15, -0.1) is 0 Å². The van der Waals surface area contributed by atoms with Gasteiger partial charge in [-0.1, -0.05) is 38.8 Å². The number of nitrogens with zero attached hydrogens (tertiary/aromatic N) is 2. The highest BCUT2D eigenvalue weighted by Gasteiger charge is 2.68. The van der Waals surface area contributed by atoms with Crippen molar-refractivity contribution in [1.29, 1.82) is 0 Å². The SMILES string of the molecule is CCCCN1CCN(CC(=O)OCC(=O)[C@@]2(O)CCC3C4CCC5=CC(=O)C=CC5(C)C4C(O)CC32C)CC1. The first kappa shape index (κ1) is 28.7. The van der Waals surface area contributed by atoms with Crippen LogP contribution in [0.3, 0.4) is 0 Å². The van der Waals surface area contributed by atoms with Crippen LogP contribution in [-0.2, 0) is 19.1 Å². The number of piperazine rings is 1. The second kappa shape index (κ2) is 10.8. The van der Waals surface area contributed by atoms with Gasteiger partial charge in [0.15, 0.2) is 12.4 Å². The monoisotopic (exact) mass is 542 g/mol. The molecule has 5 rings (SSSR count). The van der Waals surface area contributed by atoms with Crippen molar-refractivity contribution in [2.75, 3.05) is 45.9 Å². The molecule has 6 unspecified atom stereocenters. The Morgan fingerprint density at radius 1 is 1.13 bits per heavy atom. The lowest BCUT2D eigenvalue weighted by atomic mass is 9.46. The van der Waals surface area contributed by atoms with Crippen LogP contribution in [0.5, 0.6) is 0 Å². The standard InChI is InChI=1S/C31H46N2O6/c1-4-5-12-32-13-15-33(16-14-32)19-27(37)39-20-26(36)31(38)11-9-24-23-7-6-21-17-22(34)8-10-29(21,2)28(23)25(35)18-30(24,31)3/h8,10,17,23-25,28,35,38H,4-7,9,11-16,18-20H2,1-3H3/t23?,24?,25?,28?,29?,30?,31-/m0/s1. The maximum absolute atomic E-state index is 13.5. The number of aliphatic hydroxyl groups is 2. The summed E-state index contributed by atoms with van der Waals surface area (Å²) in [6.45, 7) is 10.5. The molecule has 4 aliphatic carbocycles. The summed E-state index contributed by atoms with van der Waals surface area (Å²) in [6.07, 6.45) is 9.87. The smallest absolute Gasteiger partial charge is 0.320 e. The fourth-order valence-corrected chi connectivity index (χ4v) is 8.83. The van der Waals surface area contributed by atoms with Gasteiger partial charge in [-0.2, -0.15) is 0 Å². The van der Waals surface area contributed by atoms with E-state index in [1.54, 1.807) is 12.2 Å². The zero-order chi connectivity index (χ0) is 28.0. The van der Waals surface area contributed by atoms with Crippen LogP contribution >= 0.6 is 0 Å². The van der Waals surface area contributed by atoms with E-state index in [1.165, 1.54) is 12.8 Å². The Labute approximate surface area is 232 Å². The molecule has 0 aromatic carbocycles. The van der Waals surface area contributed by atoms with Gasteiger partial charge in [0.25, 0.3) is 0 Å². The summed E-state index contributed by atoms with van der Waals surface area (Å²) in [5, 5.41) is 23.4. The molecule has 216 valence electrons. The van der Waals surface area contributed by atoms with Crippen molar-refractivity contribution in [1.82, 2.24) is 9.80 Å². The normalized spacial score (nSPS) is 40.4. The van der Waals surface area contributed by atoms with Crippen LogP contribution in [0.1, 0.15) is 65.7 Å². The highest BCUT2D eigenvalue weighted by Crippen LogP contribution is 2.67.